The van der Waals surface area contributed by atoms with Gasteiger partial charge < -0.3 is 14.9 Å². The van der Waals surface area contributed by atoms with E-state index < -0.39 is 24.6 Å². The van der Waals surface area contributed by atoms with E-state index in [9.17, 15) is 24.6 Å². The number of carbonyl (C=O) groups excluding carboxylic acids is 1. The molecule has 3 aromatic carbocycles. The number of ether oxygens (including phenoxy) is 1. The van der Waals surface area contributed by atoms with E-state index in [2.05, 4.69) is 0 Å². The largest absolute Gasteiger partial charge is 0.465 e. The number of para-hydroxylation sites is 3. The zero-order chi connectivity index (χ0) is 23.1. The summed E-state index contributed by atoms with van der Waals surface area (Å²) in [6.45, 7) is 0. The number of methoxy groups -OCH3 is 1. The molecule has 3 amide bonds. The van der Waals surface area contributed by atoms with Crippen LogP contribution in [0.3, 0.4) is 0 Å². The number of nitrogens with zero attached hydrogens (tertiary/aromatic N) is 3. The predicted molar refractivity (Wildman–Crippen MR) is 119 cm³/mol. The van der Waals surface area contributed by atoms with E-state index in [1.165, 1.54) is 24.3 Å². The third kappa shape index (κ3) is 4.62. The van der Waals surface area contributed by atoms with Gasteiger partial charge in [-0.25, -0.2) is 29.1 Å². The molecule has 164 valence electrons. The molecule has 3 aromatic rings. The Morgan fingerprint density at radius 2 is 0.938 bits per heavy atom. The van der Waals surface area contributed by atoms with Crippen LogP contribution in [0.2, 0.25) is 0 Å². The molecule has 0 saturated carbocycles. The summed E-state index contributed by atoms with van der Waals surface area (Å²) in [5.74, 6) is 0. The van der Waals surface area contributed by atoms with Crippen LogP contribution in [0.15, 0.2) is 91.0 Å². The summed E-state index contributed by atoms with van der Waals surface area (Å²) >= 11 is 0. The number of anilines is 3. The Balaban J connectivity index is 2.31. The van der Waals surface area contributed by atoms with Crippen LogP contribution in [0.1, 0.15) is 0 Å². The molecule has 0 atom stereocenters. The molecule has 0 aliphatic carbocycles. The summed E-state index contributed by atoms with van der Waals surface area (Å²) in [6, 6.07) is 24.0. The van der Waals surface area contributed by atoms with Crippen molar-refractivity contribution in [2.45, 2.75) is 6.29 Å². The molecule has 3 rings (SSSR count). The second kappa shape index (κ2) is 9.98. The molecular weight excluding hydrogens is 414 g/mol. The minimum Gasteiger partial charge on any atom is -0.465 e. The number of carbonyl (C=O) groups is 3. The lowest BCUT2D eigenvalue weighted by Crippen LogP contribution is -2.64. The fourth-order valence-electron chi connectivity index (χ4n) is 3.23. The first kappa shape index (κ1) is 22.2. The van der Waals surface area contributed by atoms with Crippen LogP contribution < -0.4 is 14.7 Å². The lowest BCUT2D eigenvalue weighted by atomic mass is 10.2. The van der Waals surface area contributed by atoms with Crippen molar-refractivity contribution in [1.29, 1.82) is 0 Å². The number of hydrogen-bond donors (Lipinski definition) is 2. The molecule has 9 heteroatoms. The Hall–Kier alpha value is -4.53. The maximum atomic E-state index is 12.9. The Kier molecular flexibility index (Phi) is 6.92. The Bertz CT molecular complexity index is 1010. The van der Waals surface area contributed by atoms with Crippen molar-refractivity contribution in [3.8, 4) is 0 Å². The third-order valence-electron chi connectivity index (χ3n) is 4.58. The molecule has 0 radical (unpaired) electrons. The number of rotatable bonds is 6. The smallest absolute Gasteiger partial charge is 0.417 e. The summed E-state index contributed by atoms with van der Waals surface area (Å²) in [4.78, 5) is 40.5. The fraction of sp³-hybridized carbons (Fsp3) is 0.0870. The summed E-state index contributed by atoms with van der Waals surface area (Å²) in [7, 11) is 1.14. The van der Waals surface area contributed by atoms with E-state index in [4.69, 9.17) is 4.74 Å². The zero-order valence-corrected chi connectivity index (χ0v) is 17.1. The summed E-state index contributed by atoms with van der Waals surface area (Å²) in [6.07, 6.45) is -5.53. The van der Waals surface area contributed by atoms with Crippen LogP contribution in [-0.4, -0.2) is 41.9 Å². The van der Waals surface area contributed by atoms with Gasteiger partial charge in [0.1, 0.15) is 0 Å². The number of hydrogen-bond acceptors (Lipinski definition) is 4. The van der Waals surface area contributed by atoms with E-state index in [-0.39, 0.29) is 17.1 Å². The van der Waals surface area contributed by atoms with Crippen molar-refractivity contribution in [2.24, 2.45) is 0 Å². The summed E-state index contributed by atoms with van der Waals surface area (Å²) in [5.41, 5.74) is 0.572. The van der Waals surface area contributed by atoms with Crippen LogP contribution in [0.25, 0.3) is 0 Å². The highest BCUT2D eigenvalue weighted by molar-refractivity contribution is 5.99. The van der Waals surface area contributed by atoms with E-state index in [1.54, 1.807) is 66.7 Å². The molecule has 0 aromatic heterocycles. The van der Waals surface area contributed by atoms with Gasteiger partial charge in [-0.2, -0.15) is 0 Å². The van der Waals surface area contributed by atoms with Gasteiger partial charge in [0.15, 0.2) is 0 Å². The molecule has 9 nitrogen and oxygen atoms in total. The molecule has 0 heterocycles. The predicted octanol–water partition coefficient (Wildman–Crippen LogP) is 4.91. The first-order valence-corrected chi connectivity index (χ1v) is 9.52. The second-order valence-corrected chi connectivity index (χ2v) is 6.50. The number of benzene rings is 3. The van der Waals surface area contributed by atoms with Crippen molar-refractivity contribution in [2.75, 3.05) is 21.8 Å². The normalized spacial score (nSPS) is 10.3. The standard InChI is InChI=1S/C23H21N3O6/c1-32-23(31)26(19-15-9-4-10-16-19)20(24(21(27)28)17-11-5-2-6-12-17)25(22(29)30)18-13-7-3-8-14-18/h2-16,20H,1H3,(H,27,28)(H,29,30). The molecule has 0 aliphatic rings. The van der Waals surface area contributed by atoms with Crippen molar-refractivity contribution in [1.82, 2.24) is 0 Å². The molecule has 0 spiro atoms. The van der Waals surface area contributed by atoms with Crippen LogP contribution in [0.4, 0.5) is 31.4 Å². The lowest BCUT2D eigenvalue weighted by molar-refractivity contribution is 0.171. The zero-order valence-electron chi connectivity index (χ0n) is 17.1. The van der Waals surface area contributed by atoms with Gasteiger partial charge in [-0.3, -0.25) is 0 Å². The highest BCUT2D eigenvalue weighted by atomic mass is 16.5. The number of carboxylic acid groups (broad SMARTS) is 2. The first-order valence-electron chi connectivity index (χ1n) is 9.52. The van der Waals surface area contributed by atoms with E-state index >= 15 is 0 Å². The summed E-state index contributed by atoms with van der Waals surface area (Å²) < 4.78 is 4.93. The van der Waals surface area contributed by atoms with Gasteiger partial charge in [0.05, 0.1) is 24.2 Å². The van der Waals surface area contributed by atoms with Crippen LogP contribution in [0, 0.1) is 0 Å². The lowest BCUT2D eigenvalue weighted by Gasteiger charge is -2.42. The molecule has 0 fully saturated rings. The highest BCUT2D eigenvalue weighted by Crippen LogP contribution is 2.30. The summed E-state index contributed by atoms with van der Waals surface area (Å²) in [5, 5.41) is 20.3. The van der Waals surface area contributed by atoms with E-state index in [0.29, 0.717) is 0 Å². The first-order chi connectivity index (χ1) is 15.5. The average molecular weight is 435 g/mol. The quantitative estimate of drug-likeness (QED) is 0.532. The molecule has 0 saturated heterocycles. The third-order valence-corrected chi connectivity index (χ3v) is 4.58. The van der Waals surface area contributed by atoms with Crippen LogP contribution >= 0.6 is 0 Å². The molecule has 32 heavy (non-hydrogen) atoms. The Labute approximate surface area is 184 Å². The van der Waals surface area contributed by atoms with Gasteiger partial charge in [0, 0.05) is 0 Å². The van der Waals surface area contributed by atoms with Gasteiger partial charge in [0.25, 0.3) is 0 Å². The van der Waals surface area contributed by atoms with Crippen LogP contribution in [-0.2, 0) is 4.74 Å². The van der Waals surface area contributed by atoms with Crippen molar-refractivity contribution >= 4 is 35.3 Å². The topological polar surface area (TPSA) is 111 Å². The second-order valence-electron chi connectivity index (χ2n) is 6.50. The maximum Gasteiger partial charge on any atom is 0.417 e. The SMILES string of the molecule is COC(=O)N(c1ccccc1)C(N(C(=O)O)c1ccccc1)N(C(=O)O)c1ccccc1. The molecule has 0 bridgehead atoms. The van der Waals surface area contributed by atoms with E-state index in [0.717, 1.165) is 21.8 Å². The van der Waals surface area contributed by atoms with Crippen LogP contribution in [0.5, 0.6) is 0 Å². The highest BCUT2D eigenvalue weighted by Gasteiger charge is 2.42. The number of amides is 3. The average Bonchev–Trinajstić information content (AvgIpc) is 2.81. The van der Waals surface area contributed by atoms with E-state index in [1.807, 2.05) is 0 Å². The van der Waals surface area contributed by atoms with Gasteiger partial charge in [-0.1, -0.05) is 54.6 Å². The fourth-order valence-corrected chi connectivity index (χ4v) is 3.23. The Morgan fingerprint density at radius 3 is 1.22 bits per heavy atom. The van der Waals surface area contributed by atoms with Crippen molar-refractivity contribution in [3.05, 3.63) is 91.0 Å². The molecule has 2 N–H and O–H groups in total. The maximum absolute atomic E-state index is 12.9. The van der Waals surface area contributed by atoms with Gasteiger partial charge in [-0.05, 0) is 36.4 Å². The van der Waals surface area contributed by atoms with Gasteiger partial charge >= 0.3 is 18.3 Å². The monoisotopic (exact) mass is 435 g/mol. The Morgan fingerprint density at radius 1 is 0.625 bits per heavy atom. The molecule has 0 unspecified atom stereocenters. The van der Waals surface area contributed by atoms with Crippen molar-refractivity contribution in [3.63, 3.8) is 0 Å². The van der Waals surface area contributed by atoms with Gasteiger partial charge in [0.2, 0.25) is 6.29 Å². The van der Waals surface area contributed by atoms with Gasteiger partial charge in [-0.15, -0.1) is 0 Å². The minimum absolute atomic E-state index is 0.164. The molecule has 0 aliphatic heterocycles. The minimum atomic E-state index is -1.66. The molecular formula is C23H21N3O6. The van der Waals surface area contributed by atoms with Crippen molar-refractivity contribution < 1.29 is 29.3 Å².